The number of nitrogens with one attached hydrogen (secondary N) is 1. The van der Waals surface area contributed by atoms with Crippen LogP contribution in [0.5, 0.6) is 0 Å². The van der Waals surface area contributed by atoms with E-state index in [9.17, 15) is 4.79 Å². The molecule has 0 aliphatic rings. The molecule has 1 amide bonds. The van der Waals surface area contributed by atoms with Crippen LogP contribution >= 0.6 is 11.3 Å². The third-order valence-corrected chi connectivity index (χ3v) is 3.28. The fourth-order valence-electron chi connectivity index (χ4n) is 1.31. The Labute approximate surface area is 106 Å². The molecule has 0 fully saturated rings. The van der Waals surface area contributed by atoms with Crippen LogP contribution in [-0.2, 0) is 16.1 Å². The van der Waals surface area contributed by atoms with E-state index in [2.05, 4.69) is 10.3 Å². The number of nitrogens with zero attached hydrogens (tertiary/aromatic N) is 2. The molecule has 1 atom stereocenters. The minimum atomic E-state index is -0.171. The summed E-state index contributed by atoms with van der Waals surface area (Å²) in [6.45, 7) is 3.66. The Kier molecular flexibility index (Phi) is 6.10. The van der Waals surface area contributed by atoms with Crippen LogP contribution in [0.3, 0.4) is 0 Å². The highest BCUT2D eigenvalue weighted by atomic mass is 32.1. The number of thiazole rings is 1. The summed E-state index contributed by atoms with van der Waals surface area (Å²) in [6, 6.07) is -0.171. The lowest BCUT2D eigenvalue weighted by molar-refractivity contribution is -0.125. The zero-order chi connectivity index (χ0) is 12.7. The monoisotopic (exact) mass is 257 g/mol. The van der Waals surface area contributed by atoms with E-state index in [0.717, 1.165) is 5.01 Å². The highest BCUT2D eigenvalue weighted by molar-refractivity contribution is 7.09. The van der Waals surface area contributed by atoms with Gasteiger partial charge in [-0.3, -0.25) is 9.69 Å². The zero-order valence-corrected chi connectivity index (χ0v) is 11.3. The van der Waals surface area contributed by atoms with Gasteiger partial charge in [0.15, 0.2) is 0 Å². The molecular formula is C11H19N3O2S. The van der Waals surface area contributed by atoms with E-state index in [4.69, 9.17) is 4.74 Å². The Morgan fingerprint density at radius 1 is 1.71 bits per heavy atom. The number of carbonyl (C=O) groups excluding carboxylic acids is 1. The standard InChI is InChI=1S/C11H19N3O2S/c1-9(11(15)13-4-6-16-3)14(2)8-10-12-5-7-17-10/h5,7,9H,4,6,8H2,1-3H3,(H,13,15). The number of carbonyl (C=O) groups is 1. The maximum atomic E-state index is 11.8. The Hall–Kier alpha value is -0.980. The minimum Gasteiger partial charge on any atom is -0.383 e. The number of amides is 1. The van der Waals surface area contributed by atoms with Crippen LogP contribution in [0.4, 0.5) is 0 Å². The number of aromatic nitrogens is 1. The van der Waals surface area contributed by atoms with Gasteiger partial charge in [-0.1, -0.05) is 0 Å². The molecule has 0 aromatic carbocycles. The third-order valence-electron chi connectivity index (χ3n) is 2.51. The lowest BCUT2D eigenvalue weighted by atomic mass is 10.3. The van der Waals surface area contributed by atoms with Gasteiger partial charge in [0, 0.05) is 25.2 Å². The largest absolute Gasteiger partial charge is 0.383 e. The topological polar surface area (TPSA) is 54.5 Å². The molecule has 1 aromatic rings. The summed E-state index contributed by atoms with van der Waals surface area (Å²) in [5.74, 6) is 0.0149. The third kappa shape index (κ3) is 4.80. The number of hydrogen-bond acceptors (Lipinski definition) is 5. The van der Waals surface area contributed by atoms with Crippen LogP contribution in [0.2, 0.25) is 0 Å². The molecule has 1 heterocycles. The molecule has 0 bridgehead atoms. The van der Waals surface area contributed by atoms with Crippen molar-refractivity contribution in [2.24, 2.45) is 0 Å². The average molecular weight is 257 g/mol. The number of hydrogen-bond donors (Lipinski definition) is 1. The summed E-state index contributed by atoms with van der Waals surface area (Å²) < 4.78 is 4.88. The van der Waals surface area contributed by atoms with Gasteiger partial charge in [-0.05, 0) is 14.0 Å². The van der Waals surface area contributed by atoms with Gasteiger partial charge < -0.3 is 10.1 Å². The first-order valence-corrected chi connectivity index (χ1v) is 6.38. The second-order valence-corrected chi connectivity index (χ2v) is 4.78. The molecule has 0 spiro atoms. The molecule has 0 aliphatic carbocycles. The molecule has 5 nitrogen and oxygen atoms in total. The van der Waals surface area contributed by atoms with Crippen LogP contribution in [0.25, 0.3) is 0 Å². The molecule has 1 N–H and O–H groups in total. The Morgan fingerprint density at radius 2 is 2.47 bits per heavy atom. The number of likely N-dealkylation sites (N-methyl/N-ethyl adjacent to an activating group) is 1. The van der Waals surface area contributed by atoms with E-state index >= 15 is 0 Å². The smallest absolute Gasteiger partial charge is 0.237 e. The van der Waals surface area contributed by atoms with Crippen molar-refractivity contribution in [3.63, 3.8) is 0 Å². The van der Waals surface area contributed by atoms with Crippen molar-refractivity contribution >= 4 is 17.2 Å². The van der Waals surface area contributed by atoms with Crippen molar-refractivity contribution < 1.29 is 9.53 Å². The Balaban J connectivity index is 2.35. The molecule has 0 saturated heterocycles. The van der Waals surface area contributed by atoms with Gasteiger partial charge >= 0.3 is 0 Å². The summed E-state index contributed by atoms with van der Waals surface area (Å²) in [4.78, 5) is 17.9. The van der Waals surface area contributed by atoms with E-state index in [1.165, 1.54) is 0 Å². The van der Waals surface area contributed by atoms with Gasteiger partial charge in [-0.15, -0.1) is 11.3 Å². The lowest BCUT2D eigenvalue weighted by Gasteiger charge is -2.22. The van der Waals surface area contributed by atoms with E-state index in [0.29, 0.717) is 19.7 Å². The van der Waals surface area contributed by atoms with Gasteiger partial charge in [0.1, 0.15) is 5.01 Å². The zero-order valence-electron chi connectivity index (χ0n) is 10.5. The summed E-state index contributed by atoms with van der Waals surface area (Å²) >= 11 is 1.60. The van der Waals surface area contributed by atoms with Crippen LogP contribution in [0.1, 0.15) is 11.9 Å². The normalized spacial score (nSPS) is 12.7. The maximum Gasteiger partial charge on any atom is 0.237 e. The molecular weight excluding hydrogens is 238 g/mol. The van der Waals surface area contributed by atoms with E-state index in [1.807, 2.05) is 24.3 Å². The van der Waals surface area contributed by atoms with Crippen molar-refractivity contribution in [3.05, 3.63) is 16.6 Å². The quantitative estimate of drug-likeness (QED) is 0.732. The molecule has 0 aliphatic heterocycles. The summed E-state index contributed by atoms with van der Waals surface area (Å²) in [5.41, 5.74) is 0. The average Bonchev–Trinajstić information content (AvgIpc) is 2.81. The van der Waals surface area contributed by atoms with E-state index < -0.39 is 0 Å². The highest BCUT2D eigenvalue weighted by Gasteiger charge is 2.18. The highest BCUT2D eigenvalue weighted by Crippen LogP contribution is 2.08. The molecule has 17 heavy (non-hydrogen) atoms. The maximum absolute atomic E-state index is 11.8. The van der Waals surface area contributed by atoms with E-state index in [1.54, 1.807) is 24.6 Å². The van der Waals surface area contributed by atoms with Crippen molar-refractivity contribution in [1.29, 1.82) is 0 Å². The Morgan fingerprint density at radius 3 is 3.06 bits per heavy atom. The summed E-state index contributed by atoms with van der Waals surface area (Å²) in [7, 11) is 3.53. The molecule has 6 heteroatoms. The predicted molar refractivity (Wildman–Crippen MR) is 67.9 cm³/mol. The fourth-order valence-corrected chi connectivity index (χ4v) is 1.98. The van der Waals surface area contributed by atoms with E-state index in [-0.39, 0.29) is 11.9 Å². The lowest BCUT2D eigenvalue weighted by Crippen LogP contribution is -2.43. The summed E-state index contributed by atoms with van der Waals surface area (Å²) in [5, 5.41) is 5.78. The van der Waals surface area contributed by atoms with Gasteiger partial charge in [-0.2, -0.15) is 0 Å². The summed E-state index contributed by atoms with van der Waals surface area (Å²) in [6.07, 6.45) is 1.77. The van der Waals surface area contributed by atoms with Gasteiger partial charge in [0.05, 0.1) is 19.2 Å². The SMILES string of the molecule is COCCNC(=O)C(C)N(C)Cc1nccs1. The van der Waals surface area contributed by atoms with Crippen LogP contribution in [0, 0.1) is 0 Å². The van der Waals surface area contributed by atoms with Gasteiger partial charge in [-0.25, -0.2) is 4.98 Å². The van der Waals surface area contributed by atoms with Crippen LogP contribution in [0.15, 0.2) is 11.6 Å². The molecule has 0 radical (unpaired) electrons. The molecule has 0 saturated carbocycles. The van der Waals surface area contributed by atoms with Gasteiger partial charge in [0.2, 0.25) is 5.91 Å². The van der Waals surface area contributed by atoms with Crippen LogP contribution in [-0.4, -0.2) is 49.1 Å². The molecule has 96 valence electrons. The second kappa shape index (κ2) is 7.37. The second-order valence-electron chi connectivity index (χ2n) is 3.80. The van der Waals surface area contributed by atoms with Crippen molar-refractivity contribution in [3.8, 4) is 0 Å². The number of ether oxygens (including phenoxy) is 1. The fraction of sp³-hybridized carbons (Fsp3) is 0.636. The van der Waals surface area contributed by atoms with Crippen molar-refractivity contribution in [1.82, 2.24) is 15.2 Å². The van der Waals surface area contributed by atoms with Gasteiger partial charge in [0.25, 0.3) is 0 Å². The minimum absolute atomic E-state index is 0.0149. The van der Waals surface area contributed by atoms with Crippen molar-refractivity contribution in [2.75, 3.05) is 27.3 Å². The number of rotatable bonds is 7. The molecule has 1 aromatic heterocycles. The van der Waals surface area contributed by atoms with Crippen LogP contribution < -0.4 is 5.32 Å². The first-order chi connectivity index (χ1) is 8.15. The number of methoxy groups -OCH3 is 1. The first kappa shape index (κ1) is 14.1. The predicted octanol–water partition coefficient (Wildman–Crippen LogP) is 0.726. The molecule has 1 unspecified atom stereocenters. The molecule has 1 rings (SSSR count). The first-order valence-electron chi connectivity index (χ1n) is 5.50. The Bertz CT molecular complexity index is 329. The van der Waals surface area contributed by atoms with Crippen molar-refractivity contribution in [2.45, 2.75) is 19.5 Å².